The second kappa shape index (κ2) is 11.2. The Morgan fingerprint density at radius 2 is 1.82 bits per heavy atom. The molecule has 0 aliphatic heterocycles. The molecule has 3 rings (SSSR count). The number of hydrogen-bond acceptors (Lipinski definition) is 4. The van der Waals surface area contributed by atoms with Crippen LogP contribution in [0.3, 0.4) is 0 Å². The minimum absolute atomic E-state index is 0.235. The lowest BCUT2D eigenvalue weighted by atomic mass is 10.1. The van der Waals surface area contributed by atoms with Crippen LogP contribution in [-0.2, 0) is 34.8 Å². The van der Waals surface area contributed by atoms with E-state index in [1.165, 1.54) is 6.07 Å². The first-order valence-corrected chi connectivity index (χ1v) is 12.3. The average Bonchev–Trinajstić information content (AvgIpc) is 2.77. The SMILES string of the molecule is CCCS(=O)c1nc2c(C)cccc2cc1CN(COCC)Cc1cccc(C(F)(F)F)c1. The van der Waals surface area contributed by atoms with E-state index in [4.69, 9.17) is 9.72 Å². The van der Waals surface area contributed by atoms with Gasteiger partial charge in [0, 0.05) is 36.4 Å². The lowest BCUT2D eigenvalue weighted by Crippen LogP contribution is -2.27. The zero-order chi connectivity index (χ0) is 24.0. The second-order valence-electron chi connectivity index (χ2n) is 7.96. The summed E-state index contributed by atoms with van der Waals surface area (Å²) in [6.07, 6.45) is -3.64. The molecule has 0 N–H and O–H groups in total. The number of rotatable bonds is 10. The Morgan fingerprint density at radius 1 is 1.06 bits per heavy atom. The maximum Gasteiger partial charge on any atom is 0.416 e. The number of pyridine rings is 1. The standard InChI is InChI=1S/C25H29F3N2O2S/c1-4-12-33(31)24-21(14-20-10-6-8-18(3)23(20)29-24)16-30(17-32-5-2)15-19-9-7-11-22(13-19)25(26,27)28/h6-11,13-14H,4-5,12,15-17H2,1-3H3. The van der Waals surface area contributed by atoms with Gasteiger partial charge in [0.05, 0.1) is 28.6 Å². The van der Waals surface area contributed by atoms with Gasteiger partial charge in [-0.3, -0.25) is 9.11 Å². The van der Waals surface area contributed by atoms with Crippen molar-refractivity contribution in [1.82, 2.24) is 9.88 Å². The third kappa shape index (κ3) is 6.62. The van der Waals surface area contributed by atoms with E-state index in [1.807, 2.05) is 49.9 Å². The van der Waals surface area contributed by atoms with E-state index >= 15 is 0 Å². The van der Waals surface area contributed by atoms with E-state index in [0.717, 1.165) is 40.6 Å². The molecule has 0 saturated heterocycles. The Bertz CT molecular complexity index is 1120. The van der Waals surface area contributed by atoms with Crippen molar-refractivity contribution >= 4 is 21.7 Å². The lowest BCUT2D eigenvalue weighted by Gasteiger charge is -2.24. The molecule has 2 aromatic carbocycles. The van der Waals surface area contributed by atoms with E-state index < -0.39 is 22.5 Å². The van der Waals surface area contributed by atoms with Gasteiger partial charge in [-0.2, -0.15) is 13.2 Å². The summed E-state index contributed by atoms with van der Waals surface area (Å²) in [6.45, 7) is 7.13. The molecule has 1 heterocycles. The van der Waals surface area contributed by atoms with Crippen LogP contribution in [0.25, 0.3) is 10.9 Å². The molecule has 4 nitrogen and oxygen atoms in total. The minimum Gasteiger partial charge on any atom is -0.366 e. The number of nitrogens with zero attached hydrogens (tertiary/aromatic N) is 2. The fourth-order valence-corrected chi connectivity index (χ4v) is 4.85. The number of benzene rings is 2. The molecule has 178 valence electrons. The molecule has 0 fully saturated rings. The first-order chi connectivity index (χ1) is 15.7. The highest BCUT2D eigenvalue weighted by Gasteiger charge is 2.30. The van der Waals surface area contributed by atoms with Gasteiger partial charge in [-0.25, -0.2) is 4.98 Å². The molecule has 1 unspecified atom stereocenters. The van der Waals surface area contributed by atoms with Crippen molar-refractivity contribution in [2.45, 2.75) is 51.5 Å². The van der Waals surface area contributed by atoms with E-state index in [9.17, 15) is 17.4 Å². The predicted molar refractivity (Wildman–Crippen MR) is 125 cm³/mol. The van der Waals surface area contributed by atoms with Crippen molar-refractivity contribution in [2.75, 3.05) is 19.1 Å². The summed E-state index contributed by atoms with van der Waals surface area (Å²) >= 11 is 0. The molecule has 8 heteroatoms. The topological polar surface area (TPSA) is 42.4 Å². The molecule has 3 aromatic rings. The van der Waals surface area contributed by atoms with Crippen LogP contribution >= 0.6 is 0 Å². The van der Waals surface area contributed by atoms with E-state index in [2.05, 4.69) is 0 Å². The number of aryl methyl sites for hydroxylation is 1. The maximum atomic E-state index is 13.2. The molecule has 1 aromatic heterocycles. The molecular formula is C25H29F3N2O2S. The van der Waals surface area contributed by atoms with Crippen molar-refractivity contribution in [2.24, 2.45) is 0 Å². The van der Waals surface area contributed by atoms with Crippen LogP contribution in [0.2, 0.25) is 0 Å². The maximum absolute atomic E-state index is 13.2. The number of halogens is 3. The highest BCUT2D eigenvalue weighted by molar-refractivity contribution is 7.85. The Morgan fingerprint density at radius 3 is 2.52 bits per heavy atom. The summed E-state index contributed by atoms with van der Waals surface area (Å²) in [6, 6.07) is 13.2. The molecule has 0 saturated carbocycles. The fraction of sp³-hybridized carbons (Fsp3) is 0.400. The smallest absolute Gasteiger partial charge is 0.366 e. The molecular weight excluding hydrogens is 449 g/mol. The van der Waals surface area contributed by atoms with E-state index in [-0.39, 0.29) is 13.3 Å². The van der Waals surface area contributed by atoms with Gasteiger partial charge in [0.1, 0.15) is 5.03 Å². The first-order valence-electron chi connectivity index (χ1n) is 11.0. The average molecular weight is 479 g/mol. The number of hydrogen-bond donors (Lipinski definition) is 0. The molecule has 0 spiro atoms. The predicted octanol–water partition coefficient (Wildman–Crippen LogP) is 6.08. The fourth-order valence-electron chi connectivity index (χ4n) is 3.68. The van der Waals surface area contributed by atoms with Crippen LogP contribution < -0.4 is 0 Å². The second-order valence-corrected chi connectivity index (χ2v) is 9.44. The van der Waals surface area contributed by atoms with Gasteiger partial charge in [0.25, 0.3) is 0 Å². The van der Waals surface area contributed by atoms with Crippen LogP contribution in [0, 0.1) is 6.92 Å². The third-order valence-corrected chi connectivity index (χ3v) is 6.79. The summed E-state index contributed by atoms with van der Waals surface area (Å²) in [7, 11) is -1.27. The van der Waals surface area contributed by atoms with Crippen molar-refractivity contribution in [3.63, 3.8) is 0 Å². The van der Waals surface area contributed by atoms with Crippen LogP contribution in [0.5, 0.6) is 0 Å². The summed E-state index contributed by atoms with van der Waals surface area (Å²) in [5.74, 6) is 0.497. The summed E-state index contributed by atoms with van der Waals surface area (Å²) in [5, 5.41) is 1.47. The largest absolute Gasteiger partial charge is 0.416 e. The number of ether oxygens (including phenoxy) is 1. The quantitative estimate of drug-likeness (QED) is 0.332. The van der Waals surface area contributed by atoms with Crippen LogP contribution in [-0.4, -0.2) is 33.2 Å². The van der Waals surface area contributed by atoms with Crippen molar-refractivity contribution < 1.29 is 22.1 Å². The van der Waals surface area contributed by atoms with Crippen molar-refractivity contribution in [1.29, 1.82) is 0 Å². The van der Waals surface area contributed by atoms with Gasteiger partial charge in [0.15, 0.2) is 0 Å². The van der Waals surface area contributed by atoms with Crippen LogP contribution in [0.4, 0.5) is 13.2 Å². The molecule has 0 aliphatic carbocycles. The molecule has 0 aliphatic rings. The minimum atomic E-state index is -4.40. The van der Waals surface area contributed by atoms with Crippen LogP contribution in [0.1, 0.15) is 42.5 Å². The summed E-state index contributed by atoms with van der Waals surface area (Å²) < 4.78 is 58.1. The molecule has 1 atom stereocenters. The highest BCUT2D eigenvalue weighted by Crippen LogP contribution is 2.30. The van der Waals surface area contributed by atoms with Gasteiger partial charge < -0.3 is 4.74 Å². The summed E-state index contributed by atoms with van der Waals surface area (Å²) in [4.78, 5) is 6.67. The number of fused-ring (bicyclic) bond motifs is 1. The lowest BCUT2D eigenvalue weighted by molar-refractivity contribution is -0.137. The molecule has 0 amide bonds. The molecule has 0 radical (unpaired) electrons. The zero-order valence-electron chi connectivity index (χ0n) is 19.1. The normalized spacial score (nSPS) is 13.1. The van der Waals surface area contributed by atoms with Crippen molar-refractivity contribution in [3.05, 3.63) is 70.8 Å². The van der Waals surface area contributed by atoms with Gasteiger partial charge in [-0.15, -0.1) is 0 Å². The van der Waals surface area contributed by atoms with Crippen molar-refractivity contribution in [3.8, 4) is 0 Å². The van der Waals surface area contributed by atoms with E-state index in [1.54, 1.807) is 6.07 Å². The Kier molecular flexibility index (Phi) is 8.62. The monoisotopic (exact) mass is 478 g/mol. The zero-order valence-corrected chi connectivity index (χ0v) is 19.9. The van der Waals surface area contributed by atoms with E-state index in [0.29, 0.717) is 29.5 Å². The molecule has 33 heavy (non-hydrogen) atoms. The Hall–Kier alpha value is -2.29. The number of alkyl halides is 3. The number of aromatic nitrogens is 1. The number of para-hydroxylation sites is 1. The van der Waals surface area contributed by atoms with Crippen LogP contribution in [0.15, 0.2) is 53.6 Å². The first kappa shape index (κ1) is 25.3. The van der Waals surface area contributed by atoms with Gasteiger partial charge in [-0.05, 0) is 43.5 Å². The Labute approximate surface area is 195 Å². The van der Waals surface area contributed by atoms with Gasteiger partial charge >= 0.3 is 6.18 Å². The third-order valence-electron chi connectivity index (χ3n) is 5.22. The Balaban J connectivity index is 1.97. The highest BCUT2D eigenvalue weighted by atomic mass is 32.2. The van der Waals surface area contributed by atoms with Gasteiger partial charge in [-0.1, -0.05) is 43.3 Å². The molecule has 0 bridgehead atoms. The van der Waals surface area contributed by atoms with Gasteiger partial charge in [0.2, 0.25) is 0 Å². The summed E-state index contributed by atoms with van der Waals surface area (Å²) in [5.41, 5.74) is 2.47.